The third kappa shape index (κ3) is 2.57. The van der Waals surface area contributed by atoms with E-state index in [2.05, 4.69) is 5.32 Å². The lowest BCUT2D eigenvalue weighted by Gasteiger charge is -2.08. The van der Waals surface area contributed by atoms with E-state index in [1.807, 2.05) is 24.3 Å². The van der Waals surface area contributed by atoms with E-state index in [1.54, 1.807) is 6.07 Å². The Morgan fingerprint density at radius 2 is 1.90 bits per heavy atom. The average molecular weight is 304 g/mol. The Kier molecular flexibility index (Phi) is 3.31. The van der Waals surface area contributed by atoms with Crippen molar-refractivity contribution in [2.24, 2.45) is 0 Å². The van der Waals surface area contributed by atoms with Gasteiger partial charge in [0, 0.05) is 10.8 Å². The van der Waals surface area contributed by atoms with Crippen molar-refractivity contribution < 1.29 is 13.6 Å². The number of benzene rings is 2. The highest BCUT2D eigenvalue weighted by molar-refractivity contribution is 7.20. The lowest BCUT2D eigenvalue weighted by molar-refractivity contribution is 0.103. The number of rotatable bonds is 2. The zero-order valence-corrected chi connectivity index (χ0v) is 11.5. The van der Waals surface area contributed by atoms with Crippen molar-refractivity contribution in [3.8, 4) is 0 Å². The van der Waals surface area contributed by atoms with Gasteiger partial charge in [0.25, 0.3) is 5.91 Å². The summed E-state index contributed by atoms with van der Waals surface area (Å²) in [6.07, 6.45) is 0. The van der Waals surface area contributed by atoms with Crippen molar-refractivity contribution >= 4 is 38.7 Å². The third-order valence-electron chi connectivity index (χ3n) is 2.97. The molecule has 21 heavy (non-hydrogen) atoms. The first-order valence-corrected chi connectivity index (χ1v) is 6.90. The van der Waals surface area contributed by atoms with Crippen LogP contribution in [0.3, 0.4) is 0 Å². The zero-order chi connectivity index (χ0) is 15.0. The number of nitrogen functional groups attached to an aromatic ring is 1. The van der Waals surface area contributed by atoms with E-state index in [0.29, 0.717) is 10.9 Å². The molecule has 0 saturated carbocycles. The number of carbonyl (C=O) groups excluding carboxylic acids is 1. The first-order chi connectivity index (χ1) is 10.0. The van der Waals surface area contributed by atoms with E-state index in [4.69, 9.17) is 5.73 Å². The average Bonchev–Trinajstić information content (AvgIpc) is 2.86. The normalized spacial score (nSPS) is 10.8. The molecule has 0 atom stereocenters. The number of halogens is 2. The lowest BCUT2D eigenvalue weighted by Crippen LogP contribution is -2.13. The summed E-state index contributed by atoms with van der Waals surface area (Å²) in [6, 6.07) is 10.9. The van der Waals surface area contributed by atoms with Gasteiger partial charge in [-0.05, 0) is 23.6 Å². The summed E-state index contributed by atoms with van der Waals surface area (Å²) in [4.78, 5) is 12.6. The Hall–Kier alpha value is -2.47. The van der Waals surface area contributed by atoms with Gasteiger partial charge in [-0.15, -0.1) is 11.3 Å². The number of hydrogen-bond acceptors (Lipinski definition) is 3. The van der Waals surface area contributed by atoms with Gasteiger partial charge in [0.05, 0.1) is 10.6 Å². The molecule has 1 aromatic heterocycles. The number of nitrogens with two attached hydrogens (primary N) is 1. The van der Waals surface area contributed by atoms with Crippen LogP contribution in [0.15, 0.2) is 42.5 Å². The van der Waals surface area contributed by atoms with E-state index in [1.165, 1.54) is 11.3 Å². The topological polar surface area (TPSA) is 55.1 Å². The second-order valence-corrected chi connectivity index (χ2v) is 5.54. The van der Waals surface area contributed by atoms with Gasteiger partial charge in [0.1, 0.15) is 11.5 Å². The Morgan fingerprint density at radius 1 is 1.14 bits per heavy atom. The van der Waals surface area contributed by atoms with Gasteiger partial charge >= 0.3 is 0 Å². The second kappa shape index (κ2) is 5.14. The predicted molar refractivity (Wildman–Crippen MR) is 80.5 cm³/mol. The Labute approximate surface area is 123 Å². The quantitative estimate of drug-likeness (QED) is 0.703. The zero-order valence-electron chi connectivity index (χ0n) is 10.7. The lowest BCUT2D eigenvalue weighted by atomic mass is 10.2. The van der Waals surface area contributed by atoms with Crippen LogP contribution >= 0.6 is 11.3 Å². The van der Waals surface area contributed by atoms with Gasteiger partial charge in [-0.3, -0.25) is 4.79 Å². The van der Waals surface area contributed by atoms with Gasteiger partial charge in [0.15, 0.2) is 5.82 Å². The smallest absolute Gasteiger partial charge is 0.265 e. The van der Waals surface area contributed by atoms with Gasteiger partial charge < -0.3 is 11.1 Å². The molecule has 1 heterocycles. The molecule has 0 bridgehead atoms. The summed E-state index contributed by atoms with van der Waals surface area (Å²) < 4.78 is 27.6. The van der Waals surface area contributed by atoms with Crippen LogP contribution in [0.5, 0.6) is 0 Å². The molecule has 0 fully saturated rings. The molecule has 0 radical (unpaired) electrons. The highest BCUT2D eigenvalue weighted by Crippen LogP contribution is 2.28. The summed E-state index contributed by atoms with van der Waals surface area (Å²) in [5.41, 5.74) is 5.17. The molecule has 3 nitrogen and oxygen atoms in total. The number of amides is 1. The van der Waals surface area contributed by atoms with Gasteiger partial charge in [-0.2, -0.15) is 0 Å². The molecule has 0 saturated heterocycles. The van der Waals surface area contributed by atoms with E-state index < -0.39 is 17.5 Å². The second-order valence-electron chi connectivity index (χ2n) is 4.45. The van der Waals surface area contributed by atoms with Gasteiger partial charge in [0.2, 0.25) is 0 Å². The number of hydrogen-bond donors (Lipinski definition) is 2. The summed E-state index contributed by atoms with van der Waals surface area (Å²) in [5, 5.41) is 3.32. The first kappa shape index (κ1) is 13.5. The molecule has 1 amide bonds. The SMILES string of the molecule is Nc1cc(F)cc(F)c1NC(=O)c1cc2ccccc2s1. The molecule has 106 valence electrons. The van der Waals surface area contributed by atoms with E-state index in [0.717, 1.165) is 16.2 Å². The summed E-state index contributed by atoms with van der Waals surface area (Å²) in [6.45, 7) is 0. The maximum absolute atomic E-state index is 13.7. The summed E-state index contributed by atoms with van der Waals surface area (Å²) >= 11 is 1.29. The van der Waals surface area contributed by atoms with Crippen LogP contribution in [0.1, 0.15) is 9.67 Å². The van der Waals surface area contributed by atoms with Crippen molar-refractivity contribution in [1.82, 2.24) is 0 Å². The van der Waals surface area contributed by atoms with Crippen molar-refractivity contribution in [1.29, 1.82) is 0 Å². The molecule has 3 N–H and O–H groups in total. The van der Waals surface area contributed by atoms with Crippen molar-refractivity contribution in [2.75, 3.05) is 11.1 Å². The minimum absolute atomic E-state index is 0.151. The van der Waals surface area contributed by atoms with Crippen molar-refractivity contribution in [2.45, 2.75) is 0 Å². The molecule has 3 rings (SSSR count). The van der Waals surface area contributed by atoms with Crippen LogP contribution in [0, 0.1) is 11.6 Å². The Morgan fingerprint density at radius 3 is 2.62 bits per heavy atom. The molecular weight excluding hydrogens is 294 g/mol. The van der Waals surface area contributed by atoms with E-state index >= 15 is 0 Å². The van der Waals surface area contributed by atoms with E-state index in [9.17, 15) is 13.6 Å². The van der Waals surface area contributed by atoms with Crippen LogP contribution in [0.2, 0.25) is 0 Å². The van der Waals surface area contributed by atoms with Crippen molar-refractivity contribution in [3.63, 3.8) is 0 Å². The Balaban J connectivity index is 1.93. The molecule has 0 spiro atoms. The van der Waals surface area contributed by atoms with Gasteiger partial charge in [-0.1, -0.05) is 18.2 Å². The fourth-order valence-corrected chi connectivity index (χ4v) is 2.95. The molecule has 0 aliphatic heterocycles. The fourth-order valence-electron chi connectivity index (χ4n) is 1.99. The number of fused-ring (bicyclic) bond motifs is 1. The molecule has 0 aliphatic carbocycles. The highest BCUT2D eigenvalue weighted by atomic mass is 32.1. The fraction of sp³-hybridized carbons (Fsp3) is 0. The molecule has 3 aromatic rings. The highest BCUT2D eigenvalue weighted by Gasteiger charge is 2.15. The minimum atomic E-state index is -0.901. The monoisotopic (exact) mass is 304 g/mol. The molecule has 0 unspecified atom stereocenters. The molecule has 2 aromatic carbocycles. The standard InChI is InChI=1S/C15H10F2N2OS/c16-9-6-10(17)14(11(18)7-9)19-15(20)13-5-8-3-1-2-4-12(8)21-13/h1-7H,18H2,(H,19,20). The van der Waals surface area contributed by atoms with Crippen molar-refractivity contribution in [3.05, 3.63) is 59.0 Å². The third-order valence-corrected chi connectivity index (χ3v) is 4.09. The Bertz CT molecular complexity index is 789. The van der Waals surface area contributed by atoms with Gasteiger partial charge in [-0.25, -0.2) is 8.78 Å². The van der Waals surface area contributed by atoms with Crippen LogP contribution in [0.25, 0.3) is 10.1 Å². The predicted octanol–water partition coefficient (Wildman–Crippen LogP) is 4.01. The number of carbonyl (C=O) groups is 1. The van der Waals surface area contributed by atoms with Crippen LogP contribution < -0.4 is 11.1 Å². The molecule has 0 aliphatic rings. The van der Waals surface area contributed by atoms with Crippen LogP contribution in [-0.2, 0) is 0 Å². The summed E-state index contributed by atoms with van der Waals surface area (Å²) in [7, 11) is 0. The largest absolute Gasteiger partial charge is 0.397 e. The van der Waals surface area contributed by atoms with E-state index in [-0.39, 0.29) is 11.4 Å². The number of thiophene rings is 1. The van der Waals surface area contributed by atoms with Crippen LogP contribution in [-0.4, -0.2) is 5.91 Å². The van der Waals surface area contributed by atoms with Crippen LogP contribution in [0.4, 0.5) is 20.2 Å². The number of anilines is 2. The number of nitrogens with one attached hydrogen (secondary N) is 1. The first-order valence-electron chi connectivity index (χ1n) is 6.09. The maximum Gasteiger partial charge on any atom is 0.265 e. The summed E-state index contributed by atoms with van der Waals surface area (Å²) in [5.74, 6) is -2.17. The maximum atomic E-state index is 13.7. The molecule has 6 heteroatoms. The molecular formula is C15H10F2N2OS. The minimum Gasteiger partial charge on any atom is -0.397 e.